The summed E-state index contributed by atoms with van der Waals surface area (Å²) < 4.78 is 0. The molecule has 0 N–H and O–H groups in total. The van der Waals surface area contributed by atoms with Crippen molar-refractivity contribution in [2.75, 3.05) is 0 Å². The molecule has 0 aromatic carbocycles. The molecule has 0 heteroatoms. The van der Waals surface area contributed by atoms with Gasteiger partial charge in [0.15, 0.2) is 0 Å². The summed E-state index contributed by atoms with van der Waals surface area (Å²) in [4.78, 5) is 0. The van der Waals surface area contributed by atoms with Gasteiger partial charge in [-0.25, -0.2) is 0 Å². The number of allylic oxidation sites excluding steroid dienone is 6. The van der Waals surface area contributed by atoms with Crippen molar-refractivity contribution in [1.82, 2.24) is 0 Å². The Kier molecular flexibility index (Phi) is 1.08. The second-order valence-electron chi connectivity index (χ2n) is 2.17. The highest BCUT2D eigenvalue weighted by molar-refractivity contribution is 5.52. The third kappa shape index (κ3) is 0.728. The summed E-state index contributed by atoms with van der Waals surface area (Å²) >= 11 is 0. The van der Waals surface area contributed by atoms with E-state index in [1.807, 2.05) is 36.5 Å². The van der Waals surface area contributed by atoms with Gasteiger partial charge < -0.3 is 0 Å². The van der Waals surface area contributed by atoms with Crippen molar-refractivity contribution in [2.24, 2.45) is 0 Å². The molecule has 0 fully saturated rings. The van der Waals surface area contributed by atoms with Gasteiger partial charge in [0.1, 0.15) is 0 Å². The van der Waals surface area contributed by atoms with Crippen LogP contribution >= 0.6 is 0 Å². The van der Waals surface area contributed by atoms with E-state index in [-0.39, 0.29) is 0 Å². The summed E-state index contributed by atoms with van der Waals surface area (Å²) in [5, 5.41) is 0. The van der Waals surface area contributed by atoms with E-state index in [1.165, 1.54) is 0 Å². The Hall–Kier alpha value is -1.48. The minimum atomic E-state index is 1.13. The zero-order chi connectivity index (χ0) is 6.81. The van der Waals surface area contributed by atoms with Crippen LogP contribution in [0.15, 0.2) is 59.1 Å². The van der Waals surface area contributed by atoms with Crippen LogP contribution in [0.5, 0.6) is 0 Å². The molecular weight excluding hydrogens is 120 g/mol. The van der Waals surface area contributed by atoms with Gasteiger partial charge in [0, 0.05) is 11.1 Å². The minimum Gasteiger partial charge on any atom is -0.112 e. The average molecular weight is 126 g/mol. The van der Waals surface area contributed by atoms with Crippen molar-refractivity contribution in [1.29, 1.82) is 0 Å². The summed E-state index contributed by atoms with van der Waals surface area (Å²) in [7, 11) is 0. The molecule has 0 saturated heterocycles. The lowest BCUT2D eigenvalue weighted by Crippen LogP contribution is -1.73. The number of hydrogen-bond donors (Lipinski definition) is 0. The number of rotatable bonds is 1. The molecule has 2 rings (SSSR count). The van der Waals surface area contributed by atoms with E-state index in [0.29, 0.717) is 0 Å². The van der Waals surface area contributed by atoms with Crippen molar-refractivity contribution >= 4 is 0 Å². The second-order valence-corrected chi connectivity index (χ2v) is 2.17. The topological polar surface area (TPSA) is 0 Å². The first-order valence-electron chi connectivity index (χ1n) is 3.24. The molecule has 0 spiro atoms. The Morgan fingerprint density at radius 2 is 1.30 bits per heavy atom. The molecular formula is C10H6. The minimum absolute atomic E-state index is 1.13. The fourth-order valence-electron chi connectivity index (χ4n) is 0.996. The molecule has 0 bridgehead atoms. The van der Waals surface area contributed by atoms with Crippen LogP contribution < -0.4 is 0 Å². The highest BCUT2D eigenvalue weighted by Crippen LogP contribution is 2.16. The fraction of sp³-hybridized carbons (Fsp3) is 0. The summed E-state index contributed by atoms with van der Waals surface area (Å²) in [6.07, 6.45) is 11.9. The molecule has 0 atom stereocenters. The highest BCUT2D eigenvalue weighted by atomic mass is 14.0. The molecule has 0 radical (unpaired) electrons. The predicted octanol–water partition coefficient (Wildman–Crippen LogP) is 2.29. The molecule has 0 aromatic heterocycles. The van der Waals surface area contributed by atoms with Gasteiger partial charge in [0.05, 0.1) is 0 Å². The van der Waals surface area contributed by atoms with Gasteiger partial charge in [-0.05, 0) is 24.3 Å². The monoisotopic (exact) mass is 126 g/mol. The quantitative estimate of drug-likeness (QED) is 0.473. The summed E-state index contributed by atoms with van der Waals surface area (Å²) in [5.74, 6) is 0. The Labute approximate surface area is 59.9 Å². The van der Waals surface area contributed by atoms with Gasteiger partial charge in [0.2, 0.25) is 0 Å². The van der Waals surface area contributed by atoms with E-state index in [4.69, 9.17) is 0 Å². The largest absolute Gasteiger partial charge is 0.112 e. The first-order valence-corrected chi connectivity index (χ1v) is 3.24. The third-order valence-corrected chi connectivity index (χ3v) is 1.49. The molecule has 0 nitrogen and oxygen atoms in total. The standard InChI is InChI=1S/C10H6/c1-2-6-9(5-1)10-7-3-4-8-10/h1-5,7H. The molecule has 0 unspecified atom stereocenters. The summed E-state index contributed by atoms with van der Waals surface area (Å²) in [6, 6.07) is 0. The first kappa shape index (κ1) is 5.32. The van der Waals surface area contributed by atoms with Gasteiger partial charge in [-0.15, -0.1) is 11.5 Å². The summed E-state index contributed by atoms with van der Waals surface area (Å²) in [5.41, 5.74) is 8.48. The fourth-order valence-corrected chi connectivity index (χ4v) is 0.996. The van der Waals surface area contributed by atoms with Gasteiger partial charge in [-0.1, -0.05) is 12.2 Å². The van der Waals surface area contributed by atoms with Crippen LogP contribution in [0.2, 0.25) is 0 Å². The molecule has 0 saturated carbocycles. The van der Waals surface area contributed by atoms with Crippen LogP contribution in [-0.2, 0) is 0 Å². The Morgan fingerprint density at radius 3 is 1.60 bits per heavy atom. The maximum absolute atomic E-state index is 3.11. The van der Waals surface area contributed by atoms with E-state index < -0.39 is 0 Å². The van der Waals surface area contributed by atoms with E-state index in [2.05, 4.69) is 11.5 Å². The predicted molar refractivity (Wildman–Crippen MR) is 41.5 cm³/mol. The Balaban J connectivity index is 2.46. The normalized spacial score (nSPS) is 18.4. The van der Waals surface area contributed by atoms with E-state index in [1.54, 1.807) is 0 Å². The molecule has 46 valence electrons. The van der Waals surface area contributed by atoms with Crippen LogP contribution in [0.25, 0.3) is 0 Å². The second kappa shape index (κ2) is 2.04. The van der Waals surface area contributed by atoms with E-state index >= 15 is 0 Å². The van der Waals surface area contributed by atoms with Crippen LogP contribution in [0.4, 0.5) is 0 Å². The molecule has 10 heavy (non-hydrogen) atoms. The van der Waals surface area contributed by atoms with Gasteiger partial charge in [0.25, 0.3) is 0 Å². The lowest BCUT2D eigenvalue weighted by molar-refractivity contribution is 1.63. The molecule has 0 heterocycles. The van der Waals surface area contributed by atoms with Crippen molar-refractivity contribution in [3.8, 4) is 0 Å². The maximum Gasteiger partial charge on any atom is 0.0315 e. The Morgan fingerprint density at radius 1 is 0.800 bits per heavy atom. The van der Waals surface area contributed by atoms with E-state index in [0.717, 1.165) is 11.1 Å². The first-order chi connectivity index (χ1) is 4.97. The third-order valence-electron chi connectivity index (χ3n) is 1.49. The summed E-state index contributed by atoms with van der Waals surface area (Å²) in [6.45, 7) is 0. The zero-order valence-electron chi connectivity index (χ0n) is 5.46. The van der Waals surface area contributed by atoms with Crippen LogP contribution in [0, 0.1) is 0 Å². The van der Waals surface area contributed by atoms with Crippen molar-refractivity contribution in [2.45, 2.75) is 0 Å². The van der Waals surface area contributed by atoms with Crippen molar-refractivity contribution in [3.05, 3.63) is 59.1 Å². The van der Waals surface area contributed by atoms with Crippen LogP contribution in [-0.4, -0.2) is 0 Å². The SMILES string of the molecule is C1=CC=CC=1C1=C=CC=C1. The van der Waals surface area contributed by atoms with Crippen LogP contribution in [0.3, 0.4) is 0 Å². The smallest absolute Gasteiger partial charge is 0.0315 e. The van der Waals surface area contributed by atoms with Crippen LogP contribution in [0.1, 0.15) is 0 Å². The lowest BCUT2D eigenvalue weighted by Gasteiger charge is -1.89. The molecule has 2 aliphatic rings. The maximum atomic E-state index is 3.11. The van der Waals surface area contributed by atoms with Crippen molar-refractivity contribution in [3.63, 3.8) is 0 Å². The van der Waals surface area contributed by atoms with Gasteiger partial charge in [-0.2, -0.15) is 0 Å². The number of hydrogen-bond acceptors (Lipinski definition) is 0. The van der Waals surface area contributed by atoms with E-state index in [9.17, 15) is 0 Å². The van der Waals surface area contributed by atoms with Gasteiger partial charge >= 0.3 is 0 Å². The Bertz CT molecular complexity index is 300. The molecule has 0 aromatic rings. The zero-order valence-corrected chi connectivity index (χ0v) is 5.46. The van der Waals surface area contributed by atoms with Gasteiger partial charge in [-0.3, -0.25) is 0 Å². The molecule has 0 amide bonds. The van der Waals surface area contributed by atoms with Crippen molar-refractivity contribution < 1.29 is 0 Å². The highest BCUT2D eigenvalue weighted by Gasteiger charge is 1.99. The lowest BCUT2D eigenvalue weighted by atomic mass is 10.1. The molecule has 0 aliphatic heterocycles. The molecule has 2 aliphatic carbocycles. The average Bonchev–Trinajstić information content (AvgIpc) is 2.59.